The second-order valence-electron chi connectivity index (χ2n) is 6.78. The number of nitrogens with two attached hydrogens (primary N) is 1. The second-order valence-corrected chi connectivity index (χ2v) is 6.78. The van der Waals surface area contributed by atoms with Crippen molar-refractivity contribution < 1.29 is 25.5 Å². The molecule has 2 aliphatic rings. The lowest BCUT2D eigenvalue weighted by Gasteiger charge is -2.48. The van der Waals surface area contributed by atoms with Crippen LogP contribution in [0.1, 0.15) is 25.5 Å². The molecule has 8 N–H and O–H groups in total. The Hall–Kier alpha value is -2.05. The fraction of sp³-hybridized carbons (Fsp3) is 0.615. The zero-order chi connectivity index (χ0) is 17.5. The minimum atomic E-state index is -3.04. The normalized spacial score (nSPS) is 30.9. The van der Waals surface area contributed by atoms with Gasteiger partial charge in [-0.25, -0.2) is 0 Å². The predicted molar refractivity (Wildman–Crippen MR) is 80.4 cm³/mol. The van der Waals surface area contributed by atoms with Gasteiger partial charge in [0.2, 0.25) is 11.7 Å². The maximum atomic E-state index is 10.6. The molecule has 0 saturated carbocycles. The average molecular weight is 338 g/mol. The molecule has 2 aromatic heterocycles. The van der Waals surface area contributed by atoms with Crippen molar-refractivity contribution in [1.29, 1.82) is 0 Å². The van der Waals surface area contributed by atoms with Crippen molar-refractivity contribution in [3.8, 4) is 0 Å². The summed E-state index contributed by atoms with van der Waals surface area (Å²) in [6, 6.07) is -1.13. The molecule has 2 aliphatic heterocycles. The van der Waals surface area contributed by atoms with Gasteiger partial charge >= 0.3 is 0 Å². The molecule has 2 atom stereocenters. The summed E-state index contributed by atoms with van der Waals surface area (Å²) in [5.41, 5.74) is 4.29. The number of anilines is 2. The maximum Gasteiger partial charge on any atom is 0.265 e. The van der Waals surface area contributed by atoms with Gasteiger partial charge in [-0.3, -0.25) is 5.10 Å². The Balaban J connectivity index is 2.06. The van der Waals surface area contributed by atoms with E-state index in [0.717, 1.165) is 0 Å². The van der Waals surface area contributed by atoms with Gasteiger partial charge in [0, 0.05) is 6.54 Å². The highest BCUT2D eigenvalue weighted by atomic mass is 16.6. The highest BCUT2D eigenvalue weighted by Crippen LogP contribution is 2.46. The zero-order valence-corrected chi connectivity index (χ0v) is 12.8. The van der Waals surface area contributed by atoms with E-state index in [9.17, 15) is 25.5 Å². The van der Waals surface area contributed by atoms with Crippen LogP contribution in [-0.2, 0) is 5.79 Å². The summed E-state index contributed by atoms with van der Waals surface area (Å²) in [6.45, 7) is 1.60. The summed E-state index contributed by atoms with van der Waals surface area (Å²) >= 11 is 0. The first-order valence-corrected chi connectivity index (χ1v) is 7.45. The van der Waals surface area contributed by atoms with Crippen molar-refractivity contribution in [2.45, 2.75) is 43.0 Å². The molecule has 0 amide bonds. The van der Waals surface area contributed by atoms with Gasteiger partial charge < -0.3 is 36.2 Å². The monoisotopic (exact) mass is 338 g/mol. The molecule has 0 aromatic carbocycles. The summed E-state index contributed by atoms with van der Waals surface area (Å²) in [5.74, 6) is -5.94. The first-order valence-electron chi connectivity index (χ1n) is 7.45. The van der Waals surface area contributed by atoms with Crippen LogP contribution < -0.4 is 10.6 Å². The first kappa shape index (κ1) is 15.5. The number of hydrogen-bond donors (Lipinski definition) is 7. The highest BCUT2D eigenvalue weighted by molar-refractivity contribution is 5.92. The number of hydrogen-bond acceptors (Lipinski definition) is 10. The van der Waals surface area contributed by atoms with Crippen molar-refractivity contribution in [2.75, 3.05) is 17.2 Å². The molecule has 11 heteroatoms. The van der Waals surface area contributed by atoms with E-state index in [1.165, 1.54) is 4.90 Å². The van der Waals surface area contributed by atoms with Crippen LogP contribution in [0.15, 0.2) is 0 Å². The van der Waals surface area contributed by atoms with Crippen molar-refractivity contribution in [1.82, 2.24) is 20.2 Å². The van der Waals surface area contributed by atoms with Crippen LogP contribution >= 0.6 is 0 Å². The van der Waals surface area contributed by atoms with Crippen molar-refractivity contribution >= 4 is 22.8 Å². The third-order valence-electron chi connectivity index (χ3n) is 4.85. The fourth-order valence-corrected chi connectivity index (χ4v) is 3.60. The van der Waals surface area contributed by atoms with E-state index >= 15 is 0 Å². The van der Waals surface area contributed by atoms with Gasteiger partial charge in [-0.2, -0.15) is 15.1 Å². The molecule has 130 valence electrons. The number of aromatic amines is 1. The molecule has 0 radical (unpaired) electrons. The van der Waals surface area contributed by atoms with Crippen LogP contribution in [0.3, 0.4) is 0 Å². The molecule has 11 nitrogen and oxygen atoms in total. The smallest absolute Gasteiger partial charge is 0.265 e. The Labute approximate surface area is 135 Å². The van der Waals surface area contributed by atoms with E-state index in [2.05, 4.69) is 20.2 Å². The summed E-state index contributed by atoms with van der Waals surface area (Å²) < 4.78 is 0. The van der Waals surface area contributed by atoms with Crippen molar-refractivity contribution in [3.63, 3.8) is 0 Å². The van der Waals surface area contributed by atoms with Gasteiger partial charge in [0.25, 0.3) is 5.79 Å². The fourth-order valence-electron chi connectivity index (χ4n) is 3.60. The largest absolute Gasteiger partial charge is 0.388 e. The Morgan fingerprint density at radius 1 is 1.21 bits per heavy atom. The third kappa shape index (κ3) is 1.81. The topological polar surface area (TPSA) is 185 Å². The number of rotatable bonds is 0. The second kappa shape index (κ2) is 4.32. The van der Waals surface area contributed by atoms with E-state index in [1.807, 2.05) is 0 Å². The number of aromatic nitrogens is 4. The first-order chi connectivity index (χ1) is 11.0. The zero-order valence-electron chi connectivity index (χ0n) is 12.8. The molecule has 4 heterocycles. The van der Waals surface area contributed by atoms with E-state index in [0.29, 0.717) is 0 Å². The minimum absolute atomic E-state index is 0.00715. The molecule has 0 aliphatic carbocycles. The number of fused-ring (bicyclic) bond motifs is 2. The molecular formula is C13H18N6O5. The van der Waals surface area contributed by atoms with E-state index in [1.54, 1.807) is 6.92 Å². The van der Waals surface area contributed by atoms with Crippen LogP contribution in [0.5, 0.6) is 0 Å². The Morgan fingerprint density at radius 3 is 2.62 bits per heavy atom. The number of aliphatic hydroxyl groups is 5. The van der Waals surface area contributed by atoms with E-state index in [-0.39, 0.29) is 47.9 Å². The van der Waals surface area contributed by atoms with Gasteiger partial charge in [-0.15, -0.1) is 0 Å². The summed E-state index contributed by atoms with van der Waals surface area (Å²) in [4.78, 5) is 9.45. The van der Waals surface area contributed by atoms with E-state index in [4.69, 9.17) is 5.73 Å². The summed E-state index contributed by atoms with van der Waals surface area (Å²) in [6.07, 6.45) is 0.328. The quantitative estimate of drug-likeness (QED) is 0.253. The lowest BCUT2D eigenvalue weighted by molar-refractivity contribution is -0.375. The number of nitrogens with one attached hydrogen (secondary N) is 1. The number of H-pyrrole nitrogens is 1. The summed E-state index contributed by atoms with van der Waals surface area (Å²) in [5, 5.41) is 58.8. The third-order valence-corrected chi connectivity index (χ3v) is 4.85. The molecule has 0 bridgehead atoms. The van der Waals surface area contributed by atoms with Crippen LogP contribution in [0, 0.1) is 0 Å². The van der Waals surface area contributed by atoms with Gasteiger partial charge in [0.1, 0.15) is 11.5 Å². The average Bonchev–Trinajstić information content (AvgIpc) is 2.86. The van der Waals surface area contributed by atoms with Gasteiger partial charge in [-0.05, 0) is 19.8 Å². The lowest BCUT2D eigenvalue weighted by Crippen LogP contribution is -2.67. The SMILES string of the molecule is CC1(O)CCC2N(C1)c1nc(N)nc3n[nH]c(c13)C(O)(O)C2(O)O. The van der Waals surface area contributed by atoms with Crippen molar-refractivity contribution in [3.05, 3.63) is 5.69 Å². The molecular weight excluding hydrogens is 320 g/mol. The lowest BCUT2D eigenvalue weighted by atomic mass is 9.84. The highest BCUT2D eigenvalue weighted by Gasteiger charge is 2.61. The number of nitrogen functional groups attached to an aromatic ring is 1. The van der Waals surface area contributed by atoms with Crippen LogP contribution in [0.4, 0.5) is 11.8 Å². The predicted octanol–water partition coefficient (Wildman–Crippen LogP) is -2.51. The standard InChI is InChI=1S/C13H18N6O5/c1-11(20)3-2-5-12(21,22)13(23,24)7-6-8(18-17-7)15-10(14)16-9(6)19(5)4-11/h5,20-24H,2-4H2,1H3,(H3,14,15,16,17,18). The van der Waals surface area contributed by atoms with Crippen LogP contribution in [0.25, 0.3) is 11.0 Å². The Bertz CT molecular complexity index is 832. The number of piperidine rings is 1. The maximum absolute atomic E-state index is 10.6. The van der Waals surface area contributed by atoms with Gasteiger partial charge in [-0.1, -0.05) is 0 Å². The molecule has 2 unspecified atom stereocenters. The van der Waals surface area contributed by atoms with Gasteiger partial charge in [0.15, 0.2) is 5.65 Å². The molecule has 0 spiro atoms. The van der Waals surface area contributed by atoms with Crippen LogP contribution in [0.2, 0.25) is 0 Å². The molecule has 4 rings (SSSR count). The Kier molecular flexibility index (Phi) is 2.78. The summed E-state index contributed by atoms with van der Waals surface area (Å²) in [7, 11) is 0. The Morgan fingerprint density at radius 2 is 1.92 bits per heavy atom. The van der Waals surface area contributed by atoms with Crippen molar-refractivity contribution in [2.24, 2.45) is 0 Å². The van der Waals surface area contributed by atoms with E-state index < -0.39 is 23.2 Å². The minimum Gasteiger partial charge on any atom is -0.388 e. The molecule has 1 fully saturated rings. The molecule has 24 heavy (non-hydrogen) atoms. The van der Waals surface area contributed by atoms with Gasteiger partial charge in [0.05, 0.1) is 17.0 Å². The molecule has 2 aromatic rings. The van der Waals surface area contributed by atoms with Crippen LogP contribution in [-0.4, -0.2) is 69.7 Å². The molecule has 1 saturated heterocycles. The number of nitrogens with zero attached hydrogens (tertiary/aromatic N) is 4.